The molecule has 0 radical (unpaired) electrons. The summed E-state index contributed by atoms with van der Waals surface area (Å²) in [6.07, 6.45) is 1.57. The van der Waals surface area contributed by atoms with Crippen LogP contribution in [0.15, 0.2) is 45.7 Å². The number of hydrogen-bond donors (Lipinski definition) is 1. The molecule has 0 saturated heterocycles. The molecule has 0 aliphatic rings. The van der Waals surface area contributed by atoms with Gasteiger partial charge in [-0.25, -0.2) is 14.2 Å². The summed E-state index contributed by atoms with van der Waals surface area (Å²) < 4.78 is 19.9. The summed E-state index contributed by atoms with van der Waals surface area (Å²) in [6.45, 7) is 0.428. The number of hydrogen-bond acceptors (Lipinski definition) is 4. The molecule has 0 bridgehead atoms. The van der Waals surface area contributed by atoms with E-state index in [0.29, 0.717) is 22.4 Å². The van der Waals surface area contributed by atoms with Gasteiger partial charge in [0.15, 0.2) is 11.2 Å². The molecule has 3 aromatic rings. The predicted molar refractivity (Wildman–Crippen MR) is 71.7 cm³/mol. The molecule has 1 aromatic carbocycles. The maximum absolute atomic E-state index is 13.5. The average Bonchev–Trinajstić information content (AvgIpc) is 2.75. The van der Waals surface area contributed by atoms with Crippen molar-refractivity contribution in [3.05, 3.63) is 64.0 Å². The van der Waals surface area contributed by atoms with E-state index in [2.05, 4.69) is 4.98 Å². The minimum absolute atomic E-state index is 0.188. The first-order valence-corrected chi connectivity index (χ1v) is 6.10. The summed E-state index contributed by atoms with van der Waals surface area (Å²) in [5, 5.41) is 0. The van der Waals surface area contributed by atoms with E-state index in [9.17, 15) is 9.18 Å². The molecule has 0 spiro atoms. The number of rotatable bonds is 3. The summed E-state index contributed by atoms with van der Waals surface area (Å²) in [5.74, 6) is -0.894. The minimum atomic E-state index is -0.516. The number of aromatic nitrogens is 2. The van der Waals surface area contributed by atoms with Crippen LogP contribution in [0.3, 0.4) is 0 Å². The molecular formula is C14H12FN3O2. The Bertz CT molecular complexity index is 823. The normalized spacial score (nSPS) is 11.1. The second-order valence-electron chi connectivity index (χ2n) is 4.45. The van der Waals surface area contributed by atoms with Gasteiger partial charge in [0.05, 0.1) is 6.54 Å². The van der Waals surface area contributed by atoms with E-state index < -0.39 is 5.76 Å². The van der Waals surface area contributed by atoms with Crippen LogP contribution in [0.4, 0.5) is 4.39 Å². The van der Waals surface area contributed by atoms with Crippen molar-refractivity contribution < 1.29 is 8.81 Å². The first kappa shape index (κ1) is 12.6. The molecule has 0 amide bonds. The second-order valence-corrected chi connectivity index (χ2v) is 4.45. The Kier molecular flexibility index (Phi) is 3.08. The molecule has 5 nitrogen and oxygen atoms in total. The maximum atomic E-state index is 13.5. The lowest BCUT2D eigenvalue weighted by Crippen LogP contribution is -2.15. The van der Waals surface area contributed by atoms with Crippen LogP contribution in [0.1, 0.15) is 11.1 Å². The SMILES string of the molecule is NCc1cc(F)cc(Cn2c(=O)oc3cccnc32)c1. The van der Waals surface area contributed by atoms with Crippen molar-refractivity contribution >= 4 is 11.2 Å². The van der Waals surface area contributed by atoms with Crippen molar-refractivity contribution in [3.8, 4) is 0 Å². The lowest BCUT2D eigenvalue weighted by atomic mass is 10.1. The van der Waals surface area contributed by atoms with Crippen LogP contribution in [0.5, 0.6) is 0 Å². The van der Waals surface area contributed by atoms with Crippen molar-refractivity contribution in [3.63, 3.8) is 0 Å². The fourth-order valence-corrected chi connectivity index (χ4v) is 2.15. The van der Waals surface area contributed by atoms with Crippen molar-refractivity contribution in [1.29, 1.82) is 0 Å². The number of halogens is 1. The number of oxazole rings is 1. The monoisotopic (exact) mass is 273 g/mol. The van der Waals surface area contributed by atoms with Crippen molar-refractivity contribution in [2.75, 3.05) is 0 Å². The molecule has 0 atom stereocenters. The fraction of sp³-hybridized carbons (Fsp3) is 0.143. The van der Waals surface area contributed by atoms with E-state index in [4.69, 9.17) is 10.2 Å². The molecule has 20 heavy (non-hydrogen) atoms. The van der Waals surface area contributed by atoms with E-state index in [-0.39, 0.29) is 18.9 Å². The van der Waals surface area contributed by atoms with Gasteiger partial charge in [0, 0.05) is 12.7 Å². The third-order valence-corrected chi connectivity index (χ3v) is 3.02. The quantitative estimate of drug-likeness (QED) is 0.787. The molecule has 0 aliphatic carbocycles. The van der Waals surface area contributed by atoms with Gasteiger partial charge >= 0.3 is 5.76 Å². The Hall–Kier alpha value is -2.47. The van der Waals surface area contributed by atoms with Gasteiger partial charge < -0.3 is 10.2 Å². The average molecular weight is 273 g/mol. The summed E-state index contributed by atoms with van der Waals surface area (Å²) >= 11 is 0. The Labute approximate surface area is 113 Å². The Balaban J connectivity index is 2.07. The minimum Gasteiger partial charge on any atom is -0.406 e. The lowest BCUT2D eigenvalue weighted by molar-refractivity contribution is 0.516. The molecule has 102 valence electrons. The van der Waals surface area contributed by atoms with E-state index in [1.165, 1.54) is 16.7 Å². The van der Waals surface area contributed by atoms with Crippen molar-refractivity contribution in [2.24, 2.45) is 5.73 Å². The smallest absolute Gasteiger partial charge is 0.406 e. The first-order valence-electron chi connectivity index (χ1n) is 6.10. The number of fused-ring (bicyclic) bond motifs is 1. The molecule has 2 N–H and O–H groups in total. The van der Waals surface area contributed by atoms with Crippen LogP contribution in [0.25, 0.3) is 11.2 Å². The zero-order valence-electron chi connectivity index (χ0n) is 10.5. The van der Waals surface area contributed by atoms with Gasteiger partial charge in [0.25, 0.3) is 0 Å². The van der Waals surface area contributed by atoms with Crippen LogP contribution in [-0.2, 0) is 13.1 Å². The van der Waals surface area contributed by atoms with Gasteiger partial charge in [-0.2, -0.15) is 0 Å². The molecule has 2 aromatic heterocycles. The largest absolute Gasteiger partial charge is 0.421 e. The molecular weight excluding hydrogens is 261 g/mol. The van der Waals surface area contributed by atoms with Crippen molar-refractivity contribution in [2.45, 2.75) is 13.1 Å². The molecule has 0 unspecified atom stereocenters. The zero-order valence-corrected chi connectivity index (χ0v) is 10.5. The van der Waals surface area contributed by atoms with Crippen LogP contribution >= 0.6 is 0 Å². The number of nitrogens with zero attached hydrogens (tertiary/aromatic N) is 2. The highest BCUT2D eigenvalue weighted by Gasteiger charge is 2.11. The van der Waals surface area contributed by atoms with Gasteiger partial charge in [-0.3, -0.25) is 4.57 Å². The highest BCUT2D eigenvalue weighted by atomic mass is 19.1. The van der Waals surface area contributed by atoms with Crippen LogP contribution in [-0.4, -0.2) is 9.55 Å². The molecule has 0 fully saturated rings. The molecule has 0 saturated carbocycles. The van der Waals surface area contributed by atoms with Crippen LogP contribution in [0.2, 0.25) is 0 Å². The van der Waals surface area contributed by atoms with Gasteiger partial charge in [-0.15, -0.1) is 0 Å². The van der Waals surface area contributed by atoms with Gasteiger partial charge in [0.2, 0.25) is 0 Å². The number of nitrogens with two attached hydrogens (primary N) is 1. The zero-order chi connectivity index (χ0) is 14.1. The van der Waals surface area contributed by atoms with E-state index >= 15 is 0 Å². The molecule has 0 aliphatic heterocycles. The van der Waals surface area contributed by atoms with Crippen LogP contribution < -0.4 is 11.5 Å². The van der Waals surface area contributed by atoms with Crippen LogP contribution in [0, 0.1) is 5.82 Å². The third-order valence-electron chi connectivity index (χ3n) is 3.02. The fourth-order valence-electron chi connectivity index (χ4n) is 2.15. The van der Waals surface area contributed by atoms with Gasteiger partial charge in [-0.05, 0) is 35.4 Å². The molecule has 2 heterocycles. The van der Waals surface area contributed by atoms with E-state index in [0.717, 1.165) is 0 Å². The molecule has 3 rings (SSSR count). The predicted octanol–water partition coefficient (Wildman–Crippen LogP) is 1.64. The van der Waals surface area contributed by atoms with Gasteiger partial charge in [-0.1, -0.05) is 6.07 Å². The lowest BCUT2D eigenvalue weighted by Gasteiger charge is -2.05. The summed E-state index contributed by atoms with van der Waals surface area (Å²) in [6, 6.07) is 7.85. The Morgan fingerprint density at radius 2 is 2.10 bits per heavy atom. The topological polar surface area (TPSA) is 74.0 Å². The standard InChI is InChI=1S/C14H12FN3O2/c15-11-5-9(7-16)4-10(6-11)8-18-13-12(20-14(18)19)2-1-3-17-13/h1-6H,7-8,16H2. The third kappa shape index (κ3) is 2.21. The summed E-state index contributed by atoms with van der Waals surface area (Å²) in [7, 11) is 0. The highest BCUT2D eigenvalue weighted by molar-refractivity contribution is 5.67. The maximum Gasteiger partial charge on any atom is 0.421 e. The first-order chi connectivity index (χ1) is 9.67. The van der Waals surface area contributed by atoms with Gasteiger partial charge in [0.1, 0.15) is 5.82 Å². The van der Waals surface area contributed by atoms with E-state index in [1.807, 2.05) is 0 Å². The van der Waals surface area contributed by atoms with Crippen molar-refractivity contribution in [1.82, 2.24) is 9.55 Å². The summed E-state index contributed by atoms with van der Waals surface area (Å²) in [4.78, 5) is 15.9. The number of pyridine rings is 1. The Morgan fingerprint density at radius 1 is 1.30 bits per heavy atom. The van der Waals surface area contributed by atoms with E-state index in [1.54, 1.807) is 24.4 Å². The second kappa shape index (κ2) is 4.90. The molecule has 6 heteroatoms. The Morgan fingerprint density at radius 3 is 2.90 bits per heavy atom. The summed E-state index contributed by atoms with van der Waals surface area (Å²) in [5.41, 5.74) is 7.68. The highest BCUT2D eigenvalue weighted by Crippen LogP contribution is 2.13. The number of benzene rings is 1.